The second-order valence-corrected chi connectivity index (χ2v) is 6.25. The van der Waals surface area contributed by atoms with Crippen molar-refractivity contribution in [2.24, 2.45) is 23.5 Å². The van der Waals surface area contributed by atoms with Crippen LogP contribution in [0.1, 0.15) is 54.4 Å². The lowest BCUT2D eigenvalue weighted by Crippen LogP contribution is -2.50. The van der Waals surface area contributed by atoms with Gasteiger partial charge in [-0.3, -0.25) is 4.79 Å². The molecule has 0 bridgehead atoms. The molecule has 0 aliphatic rings. The molecule has 0 aromatic carbocycles. The lowest BCUT2D eigenvalue weighted by molar-refractivity contribution is -0.121. The van der Waals surface area contributed by atoms with Crippen molar-refractivity contribution in [3.05, 3.63) is 0 Å². The molecule has 1 amide bonds. The van der Waals surface area contributed by atoms with Crippen LogP contribution in [0.2, 0.25) is 0 Å². The van der Waals surface area contributed by atoms with Gasteiger partial charge in [0.1, 0.15) is 0 Å². The van der Waals surface area contributed by atoms with Gasteiger partial charge in [0.05, 0.1) is 6.04 Å². The molecule has 3 N–H and O–H groups in total. The fourth-order valence-corrected chi connectivity index (χ4v) is 2.23. The molecule has 0 rings (SSSR count). The number of primary amides is 1. The second-order valence-electron chi connectivity index (χ2n) is 6.25. The van der Waals surface area contributed by atoms with Crippen molar-refractivity contribution < 1.29 is 4.79 Å². The molecule has 0 aliphatic carbocycles. The fraction of sp³-hybridized carbons (Fsp3) is 0.929. The predicted octanol–water partition coefficient (Wildman–Crippen LogP) is 2.55. The minimum atomic E-state index is -0.238. The van der Waals surface area contributed by atoms with Crippen LogP contribution in [0.15, 0.2) is 0 Å². The van der Waals surface area contributed by atoms with Gasteiger partial charge < -0.3 is 11.1 Å². The third-order valence-electron chi connectivity index (χ3n) is 2.90. The summed E-state index contributed by atoms with van der Waals surface area (Å²) in [6, 6.07) is 0.174. The first-order valence-corrected chi connectivity index (χ1v) is 6.79. The Bertz CT molecular complexity index is 214. The Morgan fingerprint density at radius 2 is 1.41 bits per heavy atom. The lowest BCUT2D eigenvalue weighted by atomic mass is 9.93. The van der Waals surface area contributed by atoms with Crippen molar-refractivity contribution in [3.8, 4) is 0 Å². The molecule has 0 spiro atoms. The van der Waals surface area contributed by atoms with Crippen molar-refractivity contribution in [2.75, 3.05) is 0 Å². The molecule has 3 heteroatoms. The van der Waals surface area contributed by atoms with E-state index in [1.54, 1.807) is 0 Å². The third-order valence-corrected chi connectivity index (χ3v) is 2.90. The predicted molar refractivity (Wildman–Crippen MR) is 73.7 cm³/mol. The molecule has 3 nitrogen and oxygen atoms in total. The Kier molecular flexibility index (Phi) is 7.44. The third kappa shape index (κ3) is 7.37. The van der Waals surface area contributed by atoms with E-state index in [1.165, 1.54) is 0 Å². The van der Waals surface area contributed by atoms with E-state index in [-0.39, 0.29) is 17.9 Å². The molecule has 0 aromatic heterocycles. The van der Waals surface area contributed by atoms with Gasteiger partial charge in [0.15, 0.2) is 0 Å². The van der Waals surface area contributed by atoms with Gasteiger partial charge >= 0.3 is 0 Å². The van der Waals surface area contributed by atoms with Gasteiger partial charge in [-0.25, -0.2) is 0 Å². The zero-order chi connectivity index (χ0) is 13.6. The van der Waals surface area contributed by atoms with E-state index in [1.807, 2.05) is 13.8 Å². The molecule has 102 valence electrons. The average Bonchev–Trinajstić information content (AvgIpc) is 2.10. The summed E-state index contributed by atoms with van der Waals surface area (Å²) in [5.41, 5.74) is 5.45. The zero-order valence-corrected chi connectivity index (χ0v) is 12.3. The van der Waals surface area contributed by atoms with E-state index >= 15 is 0 Å². The van der Waals surface area contributed by atoms with Crippen LogP contribution in [0.5, 0.6) is 0 Å². The smallest absolute Gasteiger partial charge is 0.234 e. The Labute approximate surface area is 107 Å². The summed E-state index contributed by atoms with van der Waals surface area (Å²) in [5.74, 6) is 1.27. The number of nitrogens with one attached hydrogen (secondary N) is 1. The molecule has 0 fully saturated rings. The SMILES string of the molecule is CC(C)CC(CC(C)C)NC(C(N)=O)C(C)C. The van der Waals surface area contributed by atoms with Gasteiger partial charge in [0.25, 0.3) is 0 Å². The number of carbonyl (C=O) groups is 1. The maximum atomic E-state index is 11.4. The Morgan fingerprint density at radius 1 is 1.00 bits per heavy atom. The molecule has 0 heterocycles. The van der Waals surface area contributed by atoms with Gasteiger partial charge in [0.2, 0.25) is 5.91 Å². The van der Waals surface area contributed by atoms with Crippen LogP contribution in [-0.2, 0) is 4.79 Å². The number of rotatable bonds is 8. The quantitative estimate of drug-likeness (QED) is 0.687. The first kappa shape index (κ1) is 16.4. The number of hydrogen-bond acceptors (Lipinski definition) is 2. The molecule has 0 aliphatic heterocycles. The van der Waals surface area contributed by atoms with Crippen LogP contribution < -0.4 is 11.1 Å². The maximum Gasteiger partial charge on any atom is 0.234 e. The molecule has 0 radical (unpaired) electrons. The summed E-state index contributed by atoms with van der Waals surface area (Å²) in [6.07, 6.45) is 2.18. The van der Waals surface area contributed by atoms with Gasteiger partial charge in [-0.2, -0.15) is 0 Å². The summed E-state index contributed by atoms with van der Waals surface area (Å²) in [6.45, 7) is 12.9. The van der Waals surface area contributed by atoms with Gasteiger partial charge in [-0.05, 0) is 30.6 Å². The number of carbonyl (C=O) groups excluding carboxylic acids is 1. The molecule has 0 aromatic rings. The second kappa shape index (κ2) is 7.70. The number of hydrogen-bond donors (Lipinski definition) is 2. The Balaban J connectivity index is 4.52. The minimum absolute atomic E-state index is 0.211. The van der Waals surface area contributed by atoms with Crippen molar-refractivity contribution in [1.29, 1.82) is 0 Å². The van der Waals surface area contributed by atoms with Crippen LogP contribution >= 0.6 is 0 Å². The summed E-state index contributed by atoms with van der Waals surface area (Å²) < 4.78 is 0. The van der Waals surface area contributed by atoms with Crippen LogP contribution in [-0.4, -0.2) is 18.0 Å². The fourth-order valence-electron chi connectivity index (χ4n) is 2.23. The molecular weight excluding hydrogens is 212 g/mol. The first-order valence-electron chi connectivity index (χ1n) is 6.79. The molecule has 1 atom stereocenters. The molecule has 1 unspecified atom stereocenters. The molecular formula is C14H30N2O. The highest BCUT2D eigenvalue weighted by atomic mass is 16.1. The van der Waals surface area contributed by atoms with E-state index in [4.69, 9.17) is 5.73 Å². The standard InChI is InChI=1S/C14H30N2O/c1-9(2)7-12(8-10(3)4)16-13(11(5)6)14(15)17/h9-13,16H,7-8H2,1-6H3,(H2,15,17). The van der Waals surface area contributed by atoms with Crippen molar-refractivity contribution in [2.45, 2.75) is 66.5 Å². The average molecular weight is 242 g/mol. The van der Waals surface area contributed by atoms with E-state index in [2.05, 4.69) is 33.0 Å². The first-order chi connectivity index (χ1) is 7.73. The van der Waals surface area contributed by atoms with Gasteiger partial charge in [0, 0.05) is 6.04 Å². The summed E-state index contributed by atoms with van der Waals surface area (Å²) in [4.78, 5) is 11.4. The molecule has 0 saturated carbocycles. The minimum Gasteiger partial charge on any atom is -0.368 e. The van der Waals surface area contributed by atoms with Crippen LogP contribution in [0.3, 0.4) is 0 Å². The lowest BCUT2D eigenvalue weighted by Gasteiger charge is -2.28. The number of amides is 1. The van der Waals surface area contributed by atoms with Crippen LogP contribution in [0.25, 0.3) is 0 Å². The monoisotopic (exact) mass is 242 g/mol. The normalized spacial score (nSPS) is 14.0. The zero-order valence-electron chi connectivity index (χ0n) is 12.3. The van der Waals surface area contributed by atoms with E-state index in [0.717, 1.165) is 12.8 Å². The highest BCUT2D eigenvalue weighted by Crippen LogP contribution is 2.15. The Morgan fingerprint density at radius 3 is 1.65 bits per heavy atom. The molecule has 0 saturated heterocycles. The van der Waals surface area contributed by atoms with Gasteiger partial charge in [-0.1, -0.05) is 41.5 Å². The maximum absolute atomic E-state index is 11.4. The van der Waals surface area contributed by atoms with Gasteiger partial charge in [-0.15, -0.1) is 0 Å². The van der Waals surface area contributed by atoms with E-state index < -0.39 is 0 Å². The highest BCUT2D eigenvalue weighted by Gasteiger charge is 2.23. The largest absolute Gasteiger partial charge is 0.368 e. The Hall–Kier alpha value is -0.570. The van der Waals surface area contributed by atoms with Crippen molar-refractivity contribution in [1.82, 2.24) is 5.32 Å². The van der Waals surface area contributed by atoms with Crippen LogP contribution in [0.4, 0.5) is 0 Å². The summed E-state index contributed by atoms with van der Waals surface area (Å²) >= 11 is 0. The molecule has 17 heavy (non-hydrogen) atoms. The van der Waals surface area contributed by atoms with E-state index in [0.29, 0.717) is 17.9 Å². The topological polar surface area (TPSA) is 55.1 Å². The van der Waals surface area contributed by atoms with Crippen molar-refractivity contribution >= 4 is 5.91 Å². The van der Waals surface area contributed by atoms with Crippen molar-refractivity contribution in [3.63, 3.8) is 0 Å². The number of nitrogens with two attached hydrogens (primary N) is 1. The van der Waals surface area contributed by atoms with E-state index in [9.17, 15) is 4.79 Å². The summed E-state index contributed by atoms with van der Waals surface area (Å²) in [7, 11) is 0. The summed E-state index contributed by atoms with van der Waals surface area (Å²) in [5, 5.41) is 3.44. The highest BCUT2D eigenvalue weighted by molar-refractivity contribution is 5.80. The van der Waals surface area contributed by atoms with Crippen LogP contribution in [0, 0.1) is 17.8 Å².